The lowest BCUT2D eigenvalue weighted by atomic mass is 10.1. The number of nitrogens with two attached hydrogens (primary N) is 1. The van der Waals surface area contributed by atoms with Crippen LogP contribution in [0.25, 0.3) is 0 Å². The van der Waals surface area contributed by atoms with Crippen LogP contribution in [0.5, 0.6) is 0 Å². The molecule has 0 saturated heterocycles. The van der Waals surface area contributed by atoms with Gasteiger partial charge in [-0.1, -0.05) is 30.3 Å². The maximum atomic E-state index is 13.8. The lowest BCUT2D eigenvalue weighted by Gasteiger charge is -2.22. The third-order valence-electron chi connectivity index (χ3n) is 2.78. The van der Waals surface area contributed by atoms with E-state index in [1.165, 1.54) is 12.4 Å². The molecule has 1 aromatic heterocycles. The van der Waals surface area contributed by atoms with E-state index in [0.717, 1.165) is 10.4 Å². The van der Waals surface area contributed by atoms with E-state index in [2.05, 4.69) is 10.2 Å². The van der Waals surface area contributed by atoms with Gasteiger partial charge in [-0.25, -0.2) is 8.78 Å². The molecule has 116 valence electrons. The van der Waals surface area contributed by atoms with Crippen molar-refractivity contribution in [2.45, 2.75) is 25.1 Å². The summed E-state index contributed by atoms with van der Waals surface area (Å²) in [4.78, 5) is 1.13. The van der Waals surface area contributed by atoms with Crippen LogP contribution >= 0.6 is 12.4 Å². The average Bonchev–Trinajstić information content (AvgIpc) is 2.92. The minimum atomic E-state index is -3.14. The molecule has 1 heterocycles. The van der Waals surface area contributed by atoms with Gasteiger partial charge in [0.15, 0.2) is 0 Å². The van der Waals surface area contributed by atoms with Gasteiger partial charge >= 0.3 is 0 Å². The maximum Gasteiger partial charge on any atom is 0.287 e. The van der Waals surface area contributed by atoms with Gasteiger partial charge in [-0.2, -0.15) is 15.0 Å². The van der Waals surface area contributed by atoms with Gasteiger partial charge in [0.1, 0.15) is 6.61 Å². The number of hydrogen-bond acceptors (Lipinski definition) is 4. The average molecular weight is 319 g/mol. The van der Waals surface area contributed by atoms with Crippen molar-refractivity contribution < 1.29 is 13.5 Å². The van der Waals surface area contributed by atoms with Gasteiger partial charge in [-0.05, 0) is 5.56 Å². The third kappa shape index (κ3) is 5.37. The van der Waals surface area contributed by atoms with E-state index < -0.39 is 18.6 Å². The SMILES string of the molecule is Cl.N[C@H](Cn1nccn1)C(F)(F)COCc1ccccc1. The highest BCUT2D eigenvalue weighted by molar-refractivity contribution is 5.85. The van der Waals surface area contributed by atoms with Crippen molar-refractivity contribution in [3.05, 3.63) is 48.3 Å². The highest BCUT2D eigenvalue weighted by atomic mass is 35.5. The van der Waals surface area contributed by atoms with Gasteiger partial charge in [0.2, 0.25) is 0 Å². The smallest absolute Gasteiger partial charge is 0.287 e. The van der Waals surface area contributed by atoms with Crippen LogP contribution in [0.2, 0.25) is 0 Å². The summed E-state index contributed by atoms with van der Waals surface area (Å²) in [6.07, 6.45) is 2.83. The summed E-state index contributed by atoms with van der Waals surface area (Å²) in [5.74, 6) is -3.14. The number of hydrogen-bond donors (Lipinski definition) is 1. The minimum Gasteiger partial charge on any atom is -0.370 e. The number of alkyl halides is 2. The molecule has 1 atom stereocenters. The molecule has 2 rings (SSSR count). The van der Waals surface area contributed by atoms with Crippen LogP contribution in [0.15, 0.2) is 42.7 Å². The van der Waals surface area contributed by atoms with Crippen LogP contribution in [-0.2, 0) is 17.9 Å². The second-order valence-corrected chi connectivity index (χ2v) is 4.43. The first-order valence-corrected chi connectivity index (χ1v) is 6.17. The summed E-state index contributed by atoms with van der Waals surface area (Å²) in [6.45, 7) is -0.762. The van der Waals surface area contributed by atoms with Crippen molar-refractivity contribution in [3.8, 4) is 0 Å². The highest BCUT2D eigenvalue weighted by Gasteiger charge is 2.38. The van der Waals surface area contributed by atoms with Crippen LogP contribution < -0.4 is 5.73 Å². The molecule has 8 heteroatoms. The van der Waals surface area contributed by atoms with Gasteiger partial charge < -0.3 is 10.5 Å². The number of aromatic nitrogens is 3. The van der Waals surface area contributed by atoms with E-state index in [9.17, 15) is 8.78 Å². The molecule has 0 fully saturated rings. The van der Waals surface area contributed by atoms with Gasteiger partial charge in [-0.3, -0.25) is 0 Å². The molecule has 0 unspecified atom stereocenters. The zero-order valence-corrected chi connectivity index (χ0v) is 12.0. The van der Waals surface area contributed by atoms with Gasteiger partial charge in [0.05, 0.1) is 31.6 Å². The summed E-state index contributed by atoms with van der Waals surface area (Å²) in [6, 6.07) is 7.73. The molecule has 0 aliphatic rings. The third-order valence-corrected chi connectivity index (χ3v) is 2.78. The fourth-order valence-corrected chi connectivity index (χ4v) is 1.63. The fourth-order valence-electron chi connectivity index (χ4n) is 1.63. The normalized spacial score (nSPS) is 12.7. The van der Waals surface area contributed by atoms with E-state index in [4.69, 9.17) is 10.5 Å². The van der Waals surface area contributed by atoms with Crippen molar-refractivity contribution in [1.29, 1.82) is 0 Å². The Morgan fingerprint density at radius 3 is 2.43 bits per heavy atom. The summed E-state index contributed by atoms with van der Waals surface area (Å²) >= 11 is 0. The van der Waals surface area contributed by atoms with Crippen molar-refractivity contribution >= 4 is 12.4 Å². The monoisotopic (exact) mass is 318 g/mol. The van der Waals surface area contributed by atoms with Gasteiger partial charge in [0, 0.05) is 0 Å². The summed E-state index contributed by atoms with van der Waals surface area (Å²) in [7, 11) is 0. The molecule has 0 radical (unpaired) electrons. The molecule has 2 N–H and O–H groups in total. The second kappa shape index (κ2) is 8.02. The number of ether oxygens (including phenoxy) is 1. The van der Waals surface area contributed by atoms with Crippen LogP contribution in [-0.4, -0.2) is 33.6 Å². The Hall–Kier alpha value is -1.57. The zero-order valence-electron chi connectivity index (χ0n) is 11.2. The molecule has 2 aromatic rings. The number of nitrogens with zero attached hydrogens (tertiary/aromatic N) is 3. The standard InChI is InChI=1S/C13H16F2N4O.ClH/c14-13(15,12(16)8-19-17-6-7-18-19)10-20-9-11-4-2-1-3-5-11;/h1-7,12H,8-10,16H2;1H/t12-;/m1./s1. The number of benzene rings is 1. The van der Waals surface area contributed by atoms with Gasteiger partial charge in [-0.15, -0.1) is 12.4 Å². The van der Waals surface area contributed by atoms with E-state index in [1.807, 2.05) is 30.3 Å². The molecule has 0 bridgehead atoms. The second-order valence-electron chi connectivity index (χ2n) is 4.43. The summed E-state index contributed by atoms with van der Waals surface area (Å²) in [5.41, 5.74) is 6.33. The molecule has 0 spiro atoms. The maximum absolute atomic E-state index is 13.8. The van der Waals surface area contributed by atoms with E-state index in [0.29, 0.717) is 0 Å². The van der Waals surface area contributed by atoms with Crippen molar-refractivity contribution in [1.82, 2.24) is 15.0 Å². The molecule has 0 saturated carbocycles. The molecule has 0 aliphatic heterocycles. The Balaban J connectivity index is 0.00000220. The molecule has 0 amide bonds. The van der Waals surface area contributed by atoms with Crippen LogP contribution in [0.1, 0.15) is 5.56 Å². The van der Waals surface area contributed by atoms with Gasteiger partial charge in [0.25, 0.3) is 5.92 Å². The van der Waals surface area contributed by atoms with Crippen LogP contribution in [0.3, 0.4) is 0 Å². The predicted octanol–water partition coefficient (Wildman–Crippen LogP) is 1.88. The largest absolute Gasteiger partial charge is 0.370 e. The van der Waals surface area contributed by atoms with E-state index in [1.54, 1.807) is 0 Å². The summed E-state index contributed by atoms with van der Waals surface area (Å²) < 4.78 is 32.6. The Morgan fingerprint density at radius 2 is 1.81 bits per heavy atom. The lowest BCUT2D eigenvalue weighted by Crippen LogP contribution is -2.47. The van der Waals surface area contributed by atoms with E-state index in [-0.39, 0.29) is 25.6 Å². The quantitative estimate of drug-likeness (QED) is 0.846. The Kier molecular flexibility index (Phi) is 6.67. The van der Waals surface area contributed by atoms with Crippen molar-refractivity contribution in [3.63, 3.8) is 0 Å². The zero-order chi connectivity index (χ0) is 14.4. The Labute approximate surface area is 127 Å². The lowest BCUT2D eigenvalue weighted by molar-refractivity contribution is -0.101. The predicted molar refractivity (Wildman–Crippen MR) is 76.3 cm³/mol. The highest BCUT2D eigenvalue weighted by Crippen LogP contribution is 2.19. The first-order chi connectivity index (χ1) is 9.58. The molecule has 21 heavy (non-hydrogen) atoms. The van der Waals surface area contributed by atoms with Crippen molar-refractivity contribution in [2.75, 3.05) is 6.61 Å². The Bertz CT molecular complexity index is 510. The molecule has 5 nitrogen and oxygen atoms in total. The first kappa shape index (κ1) is 17.5. The molecule has 1 aromatic carbocycles. The number of halogens is 3. The topological polar surface area (TPSA) is 66.0 Å². The minimum absolute atomic E-state index is 0. The molecule has 0 aliphatic carbocycles. The van der Waals surface area contributed by atoms with Crippen molar-refractivity contribution in [2.24, 2.45) is 5.73 Å². The molecular weight excluding hydrogens is 302 g/mol. The number of rotatable bonds is 7. The Morgan fingerprint density at radius 1 is 1.19 bits per heavy atom. The van der Waals surface area contributed by atoms with Crippen LogP contribution in [0, 0.1) is 0 Å². The van der Waals surface area contributed by atoms with E-state index >= 15 is 0 Å². The first-order valence-electron chi connectivity index (χ1n) is 6.17. The summed E-state index contributed by atoms with van der Waals surface area (Å²) in [5, 5.41) is 7.50. The van der Waals surface area contributed by atoms with Crippen LogP contribution in [0.4, 0.5) is 8.78 Å². The molecular formula is C13H17ClF2N4O. The fraction of sp³-hybridized carbons (Fsp3) is 0.385.